The summed E-state index contributed by atoms with van der Waals surface area (Å²) in [6, 6.07) is 12.0. The second kappa shape index (κ2) is 10.4. The second-order valence-corrected chi connectivity index (χ2v) is 7.73. The topological polar surface area (TPSA) is 73.9 Å². The zero-order chi connectivity index (χ0) is 21.5. The normalized spacial score (nSPS) is 14.2. The Bertz CT molecular complexity index is 880. The highest BCUT2D eigenvalue weighted by Gasteiger charge is 2.16. The number of carbonyl (C=O) groups excluding carboxylic acids is 2. The molecule has 2 N–H and O–H groups in total. The third kappa shape index (κ3) is 5.95. The number of benzene rings is 2. The molecule has 30 heavy (non-hydrogen) atoms. The fourth-order valence-corrected chi connectivity index (χ4v) is 3.36. The molecule has 0 bridgehead atoms. The number of rotatable bonds is 7. The molecule has 2 aromatic carbocycles. The number of ether oxygens (including phenoxy) is 1. The van der Waals surface area contributed by atoms with E-state index in [0.29, 0.717) is 28.4 Å². The Morgan fingerprint density at radius 3 is 2.43 bits per heavy atom. The number of anilines is 2. The van der Waals surface area contributed by atoms with Crippen LogP contribution >= 0.6 is 11.6 Å². The van der Waals surface area contributed by atoms with E-state index in [4.69, 9.17) is 16.3 Å². The third-order valence-corrected chi connectivity index (χ3v) is 5.16. The van der Waals surface area contributed by atoms with Gasteiger partial charge in [-0.3, -0.25) is 14.5 Å². The van der Waals surface area contributed by atoms with Gasteiger partial charge in [-0.1, -0.05) is 11.6 Å². The number of nitrogens with one attached hydrogen (secondary N) is 2. The number of nitrogens with zero attached hydrogens (tertiary/aromatic N) is 2. The number of hydrogen-bond donors (Lipinski definition) is 2. The molecule has 7 nitrogen and oxygen atoms in total. The summed E-state index contributed by atoms with van der Waals surface area (Å²) in [7, 11) is 3.76. The first-order chi connectivity index (χ1) is 14.4. The smallest absolute Gasteiger partial charge is 0.255 e. The summed E-state index contributed by atoms with van der Waals surface area (Å²) >= 11 is 5.88. The lowest BCUT2D eigenvalue weighted by Gasteiger charge is -2.26. The fourth-order valence-electron chi connectivity index (χ4n) is 3.24. The van der Waals surface area contributed by atoms with Gasteiger partial charge in [0.25, 0.3) is 11.8 Å². The maximum absolute atomic E-state index is 12.8. The number of amides is 2. The van der Waals surface area contributed by atoms with Gasteiger partial charge in [0.05, 0.1) is 18.8 Å². The predicted octanol–water partition coefficient (Wildman–Crippen LogP) is 2.72. The summed E-state index contributed by atoms with van der Waals surface area (Å²) in [6.07, 6.45) is 0. The third-order valence-electron chi connectivity index (χ3n) is 4.90. The lowest BCUT2D eigenvalue weighted by molar-refractivity contribution is 0.0383. The zero-order valence-corrected chi connectivity index (χ0v) is 18.0. The van der Waals surface area contributed by atoms with Crippen molar-refractivity contribution < 1.29 is 14.3 Å². The predicted molar refractivity (Wildman–Crippen MR) is 120 cm³/mol. The Morgan fingerprint density at radius 2 is 1.77 bits per heavy atom. The molecule has 1 aliphatic heterocycles. The average molecular weight is 431 g/mol. The van der Waals surface area contributed by atoms with Crippen molar-refractivity contribution in [2.24, 2.45) is 0 Å². The molecule has 160 valence electrons. The van der Waals surface area contributed by atoms with Crippen LogP contribution in [0.2, 0.25) is 5.02 Å². The molecule has 2 amide bonds. The standard InChI is InChI=1S/C22H27ClN4O3/c1-26(2)20-8-7-18(25-21(28)16-3-5-17(23)6-4-16)15-19(20)22(29)24-9-10-27-11-13-30-14-12-27/h3-8,15H,9-14H2,1-2H3,(H,24,29)(H,25,28). The van der Waals surface area contributed by atoms with Crippen molar-refractivity contribution in [3.05, 3.63) is 58.6 Å². The molecule has 0 atom stereocenters. The first-order valence-corrected chi connectivity index (χ1v) is 10.3. The highest BCUT2D eigenvalue weighted by molar-refractivity contribution is 6.30. The second-order valence-electron chi connectivity index (χ2n) is 7.30. The largest absolute Gasteiger partial charge is 0.379 e. The number of carbonyl (C=O) groups is 2. The van der Waals surface area contributed by atoms with Crippen LogP contribution in [-0.2, 0) is 4.74 Å². The van der Waals surface area contributed by atoms with Crippen LogP contribution in [0.3, 0.4) is 0 Å². The van der Waals surface area contributed by atoms with Gasteiger partial charge in [-0.2, -0.15) is 0 Å². The Kier molecular flexibility index (Phi) is 7.68. The van der Waals surface area contributed by atoms with Crippen molar-refractivity contribution >= 4 is 34.8 Å². The van der Waals surface area contributed by atoms with Crippen molar-refractivity contribution in [2.75, 3.05) is 63.7 Å². The van der Waals surface area contributed by atoms with Gasteiger partial charge in [0.15, 0.2) is 0 Å². The SMILES string of the molecule is CN(C)c1ccc(NC(=O)c2ccc(Cl)cc2)cc1C(=O)NCCN1CCOCC1. The van der Waals surface area contributed by atoms with E-state index in [-0.39, 0.29) is 11.8 Å². The summed E-state index contributed by atoms with van der Waals surface area (Å²) in [5, 5.41) is 6.40. The molecule has 0 saturated carbocycles. The van der Waals surface area contributed by atoms with Gasteiger partial charge < -0.3 is 20.3 Å². The summed E-state index contributed by atoms with van der Waals surface area (Å²) in [5.41, 5.74) is 2.34. The first-order valence-electron chi connectivity index (χ1n) is 9.90. The Labute approximate surface area is 181 Å². The van der Waals surface area contributed by atoms with Crippen molar-refractivity contribution in [2.45, 2.75) is 0 Å². The molecule has 2 aromatic rings. The van der Waals surface area contributed by atoms with E-state index >= 15 is 0 Å². The molecule has 8 heteroatoms. The van der Waals surface area contributed by atoms with E-state index in [2.05, 4.69) is 15.5 Å². The number of hydrogen-bond acceptors (Lipinski definition) is 5. The minimum absolute atomic E-state index is 0.172. The van der Waals surface area contributed by atoms with Gasteiger partial charge in [0.2, 0.25) is 0 Å². The van der Waals surface area contributed by atoms with Crippen LogP contribution in [0.15, 0.2) is 42.5 Å². The van der Waals surface area contributed by atoms with E-state index in [1.54, 1.807) is 36.4 Å². The molecule has 1 aliphatic rings. The average Bonchev–Trinajstić information content (AvgIpc) is 2.74. The van der Waals surface area contributed by atoms with E-state index in [1.165, 1.54) is 0 Å². The van der Waals surface area contributed by atoms with Crippen LogP contribution in [0.25, 0.3) is 0 Å². The molecule has 0 spiro atoms. The highest BCUT2D eigenvalue weighted by atomic mass is 35.5. The monoisotopic (exact) mass is 430 g/mol. The van der Waals surface area contributed by atoms with Gasteiger partial charge in [0.1, 0.15) is 0 Å². The van der Waals surface area contributed by atoms with Gasteiger partial charge in [-0.15, -0.1) is 0 Å². The maximum Gasteiger partial charge on any atom is 0.255 e. The minimum atomic E-state index is -0.261. The summed E-state index contributed by atoms with van der Waals surface area (Å²) < 4.78 is 5.35. The number of halogens is 1. The Balaban J connectivity index is 1.67. The maximum atomic E-state index is 12.8. The molecule has 0 aliphatic carbocycles. The van der Waals surface area contributed by atoms with Crippen molar-refractivity contribution in [1.29, 1.82) is 0 Å². The van der Waals surface area contributed by atoms with Crippen LogP contribution in [0.4, 0.5) is 11.4 Å². The fraction of sp³-hybridized carbons (Fsp3) is 0.364. The van der Waals surface area contributed by atoms with E-state index in [0.717, 1.165) is 38.5 Å². The molecule has 0 unspecified atom stereocenters. The molecule has 3 rings (SSSR count). The lowest BCUT2D eigenvalue weighted by Crippen LogP contribution is -2.41. The molecule has 1 fully saturated rings. The van der Waals surface area contributed by atoms with E-state index < -0.39 is 0 Å². The summed E-state index contributed by atoms with van der Waals surface area (Å²) in [6.45, 7) is 4.55. The van der Waals surface area contributed by atoms with Gasteiger partial charge in [0, 0.05) is 62.2 Å². The van der Waals surface area contributed by atoms with Crippen LogP contribution in [0.5, 0.6) is 0 Å². The molecular weight excluding hydrogens is 404 g/mol. The highest BCUT2D eigenvalue weighted by Crippen LogP contribution is 2.23. The zero-order valence-electron chi connectivity index (χ0n) is 17.3. The van der Waals surface area contributed by atoms with Gasteiger partial charge >= 0.3 is 0 Å². The van der Waals surface area contributed by atoms with E-state index in [9.17, 15) is 9.59 Å². The Hall–Kier alpha value is -2.61. The van der Waals surface area contributed by atoms with Crippen LogP contribution in [-0.4, -0.2) is 70.2 Å². The number of morpholine rings is 1. The lowest BCUT2D eigenvalue weighted by atomic mass is 10.1. The van der Waals surface area contributed by atoms with Crippen molar-refractivity contribution in [3.63, 3.8) is 0 Å². The first kappa shape index (κ1) is 22.1. The minimum Gasteiger partial charge on any atom is -0.379 e. The molecule has 0 radical (unpaired) electrons. The molecule has 1 heterocycles. The van der Waals surface area contributed by atoms with Crippen LogP contribution in [0, 0.1) is 0 Å². The van der Waals surface area contributed by atoms with Gasteiger partial charge in [-0.05, 0) is 42.5 Å². The quantitative estimate of drug-likeness (QED) is 0.706. The van der Waals surface area contributed by atoms with Crippen LogP contribution in [0.1, 0.15) is 20.7 Å². The summed E-state index contributed by atoms with van der Waals surface area (Å²) in [4.78, 5) is 29.5. The van der Waals surface area contributed by atoms with Crippen LogP contribution < -0.4 is 15.5 Å². The molecule has 1 saturated heterocycles. The molecule has 0 aromatic heterocycles. The summed E-state index contributed by atoms with van der Waals surface area (Å²) in [5.74, 6) is -0.433. The van der Waals surface area contributed by atoms with Crippen molar-refractivity contribution in [3.8, 4) is 0 Å². The molecular formula is C22H27ClN4O3. The van der Waals surface area contributed by atoms with Crippen molar-refractivity contribution in [1.82, 2.24) is 10.2 Å². The van der Waals surface area contributed by atoms with E-state index in [1.807, 2.05) is 25.1 Å². The Morgan fingerprint density at radius 1 is 1.07 bits per heavy atom. The van der Waals surface area contributed by atoms with Gasteiger partial charge in [-0.25, -0.2) is 0 Å².